The van der Waals surface area contributed by atoms with E-state index in [9.17, 15) is 4.79 Å². The Kier molecular flexibility index (Phi) is 3.65. The van der Waals surface area contributed by atoms with Crippen LogP contribution in [0.1, 0.15) is 25.5 Å². The summed E-state index contributed by atoms with van der Waals surface area (Å²) in [7, 11) is -0.548. The van der Waals surface area contributed by atoms with Gasteiger partial charge >= 0.3 is 13.1 Å². The molecule has 2 aliphatic rings. The van der Waals surface area contributed by atoms with Gasteiger partial charge in [0.05, 0.1) is 6.10 Å². The van der Waals surface area contributed by atoms with Crippen molar-refractivity contribution in [2.75, 3.05) is 19.8 Å². The molecule has 0 radical (unpaired) electrons. The van der Waals surface area contributed by atoms with Gasteiger partial charge in [-0.3, -0.25) is 4.79 Å². The molecule has 7 heteroatoms. The zero-order chi connectivity index (χ0) is 15.0. The fourth-order valence-electron chi connectivity index (χ4n) is 2.63. The monoisotopic (exact) mass is 291 g/mol. The van der Waals surface area contributed by atoms with Gasteiger partial charge < -0.3 is 24.5 Å². The van der Waals surface area contributed by atoms with E-state index >= 15 is 0 Å². The predicted molar refractivity (Wildman–Crippen MR) is 76.3 cm³/mol. The Labute approximate surface area is 123 Å². The van der Waals surface area contributed by atoms with Crippen molar-refractivity contribution < 1.29 is 23.6 Å². The van der Waals surface area contributed by atoms with Gasteiger partial charge in [0.25, 0.3) is 0 Å². The number of rotatable bonds is 3. The minimum absolute atomic E-state index is 0.110. The Morgan fingerprint density at radius 3 is 3.10 bits per heavy atom. The van der Waals surface area contributed by atoms with Gasteiger partial charge in [-0.05, 0) is 18.6 Å². The van der Waals surface area contributed by atoms with Crippen molar-refractivity contribution in [3.63, 3.8) is 0 Å². The molecule has 2 aliphatic heterocycles. The molecule has 0 saturated carbocycles. The highest BCUT2D eigenvalue weighted by atomic mass is 16.6. The van der Waals surface area contributed by atoms with Crippen LogP contribution in [0.5, 0.6) is 5.75 Å². The number of benzene rings is 1. The normalized spacial score (nSPS) is 26.8. The zero-order valence-corrected chi connectivity index (χ0v) is 12.1. The first kappa shape index (κ1) is 14.4. The van der Waals surface area contributed by atoms with E-state index in [0.717, 1.165) is 16.8 Å². The first-order valence-electron chi connectivity index (χ1n) is 6.95. The van der Waals surface area contributed by atoms with Crippen LogP contribution < -0.4 is 15.9 Å². The minimum atomic E-state index is -0.768. The third-order valence-corrected chi connectivity index (χ3v) is 3.69. The van der Waals surface area contributed by atoms with E-state index < -0.39 is 12.7 Å². The Hall–Kier alpha value is -1.57. The third kappa shape index (κ3) is 2.64. The van der Waals surface area contributed by atoms with Crippen LogP contribution in [0.2, 0.25) is 0 Å². The Bertz CT molecular complexity index is 566. The number of ether oxygens (including phenoxy) is 2. The van der Waals surface area contributed by atoms with Crippen molar-refractivity contribution in [1.82, 2.24) is 0 Å². The molecule has 0 saturated heterocycles. The summed E-state index contributed by atoms with van der Waals surface area (Å²) in [5, 5.41) is 0. The Morgan fingerprint density at radius 1 is 1.57 bits per heavy atom. The number of carbonyl (C=O) groups is 1. The maximum atomic E-state index is 11.0. The third-order valence-electron chi connectivity index (χ3n) is 3.69. The summed E-state index contributed by atoms with van der Waals surface area (Å²) in [5.74, 6) is 0.384. The van der Waals surface area contributed by atoms with Gasteiger partial charge in [-0.15, -0.1) is 0 Å². The van der Waals surface area contributed by atoms with Crippen LogP contribution in [-0.2, 0) is 18.8 Å². The quantitative estimate of drug-likeness (QED) is 0.630. The van der Waals surface area contributed by atoms with Crippen LogP contribution in [0.25, 0.3) is 0 Å². The van der Waals surface area contributed by atoms with Crippen LogP contribution in [0.15, 0.2) is 18.2 Å². The molecule has 112 valence electrons. The molecule has 2 atom stereocenters. The summed E-state index contributed by atoms with van der Waals surface area (Å²) in [5.41, 5.74) is 6.87. The summed E-state index contributed by atoms with van der Waals surface area (Å²) in [6.07, 6.45) is -0.204. The summed E-state index contributed by atoms with van der Waals surface area (Å²) in [6.45, 7) is 3.96. The smallest absolute Gasteiger partial charge is 0.491 e. The summed E-state index contributed by atoms with van der Waals surface area (Å²) < 4.78 is 22.8. The van der Waals surface area contributed by atoms with E-state index in [1.54, 1.807) is 0 Å². The number of hydrogen-bond donors (Lipinski definition) is 1. The molecular weight excluding hydrogens is 273 g/mol. The molecule has 2 N–H and O–H groups in total. The lowest BCUT2D eigenvalue weighted by Gasteiger charge is -2.29. The average Bonchev–Trinajstić information content (AvgIpc) is 2.74. The Balaban J connectivity index is 1.89. The van der Waals surface area contributed by atoms with Crippen molar-refractivity contribution >= 4 is 18.6 Å². The molecule has 1 aromatic carbocycles. The van der Waals surface area contributed by atoms with Crippen molar-refractivity contribution in [2.45, 2.75) is 25.6 Å². The van der Waals surface area contributed by atoms with Crippen molar-refractivity contribution in [1.29, 1.82) is 0 Å². The Morgan fingerprint density at radius 2 is 2.38 bits per heavy atom. The van der Waals surface area contributed by atoms with Crippen LogP contribution >= 0.6 is 0 Å². The molecule has 21 heavy (non-hydrogen) atoms. The highest BCUT2D eigenvalue weighted by molar-refractivity contribution is 6.64. The second-order valence-electron chi connectivity index (χ2n) is 5.59. The number of carbonyl (C=O) groups excluding carboxylic acids is 1. The molecule has 6 nitrogen and oxygen atoms in total. The highest BCUT2D eigenvalue weighted by Crippen LogP contribution is 2.32. The van der Waals surface area contributed by atoms with Gasteiger partial charge in [0.2, 0.25) is 0 Å². The molecule has 2 heterocycles. The maximum absolute atomic E-state index is 11.0. The second kappa shape index (κ2) is 5.33. The predicted octanol–water partition coefficient (Wildman–Crippen LogP) is 0.143. The minimum Gasteiger partial charge on any atom is -0.491 e. The summed E-state index contributed by atoms with van der Waals surface area (Å²) in [6, 6.07) is 5.77. The topological polar surface area (TPSA) is 80.0 Å². The lowest BCUT2D eigenvalue weighted by atomic mass is 9.77. The summed E-state index contributed by atoms with van der Waals surface area (Å²) >= 11 is 0. The van der Waals surface area contributed by atoms with Gasteiger partial charge in [0, 0.05) is 18.9 Å². The number of nitrogens with two attached hydrogens (primary N) is 1. The van der Waals surface area contributed by atoms with E-state index in [2.05, 4.69) is 0 Å². The molecule has 0 bridgehead atoms. The number of esters is 1. The molecular formula is C14H18BNO5. The van der Waals surface area contributed by atoms with E-state index in [4.69, 9.17) is 24.5 Å². The number of hydrogen-bond acceptors (Lipinski definition) is 6. The standard InChI is InChI=1S/C14H18BNO5/c1-9(17)18-7-14(2)8-19-11-5-3-4-10-12(6-16)20-15(21-14)13(10)11/h3-5,12H,6-8,16H2,1-2H3. The van der Waals surface area contributed by atoms with Gasteiger partial charge in [0.1, 0.15) is 24.6 Å². The summed E-state index contributed by atoms with van der Waals surface area (Å²) in [4.78, 5) is 11.0. The molecule has 0 fully saturated rings. The maximum Gasteiger partial charge on any atom is 0.499 e. The van der Waals surface area contributed by atoms with Crippen LogP contribution in [0, 0.1) is 0 Å². The molecule has 0 spiro atoms. The average molecular weight is 291 g/mol. The van der Waals surface area contributed by atoms with E-state index in [-0.39, 0.29) is 25.3 Å². The van der Waals surface area contributed by atoms with Crippen LogP contribution in [0.4, 0.5) is 0 Å². The van der Waals surface area contributed by atoms with Crippen molar-refractivity contribution in [3.8, 4) is 5.75 Å². The lowest BCUT2D eigenvalue weighted by molar-refractivity contribution is -0.148. The van der Waals surface area contributed by atoms with Gasteiger partial charge in [0.15, 0.2) is 0 Å². The fraction of sp³-hybridized carbons (Fsp3) is 0.500. The molecule has 2 unspecified atom stereocenters. The molecule has 1 aromatic rings. The van der Waals surface area contributed by atoms with Gasteiger partial charge in [-0.1, -0.05) is 12.1 Å². The molecule has 0 amide bonds. The fourth-order valence-corrected chi connectivity index (χ4v) is 2.63. The van der Waals surface area contributed by atoms with Crippen molar-refractivity contribution in [3.05, 3.63) is 23.8 Å². The van der Waals surface area contributed by atoms with Gasteiger partial charge in [-0.2, -0.15) is 0 Å². The van der Waals surface area contributed by atoms with E-state index in [1.165, 1.54) is 6.92 Å². The van der Waals surface area contributed by atoms with E-state index in [1.807, 2.05) is 25.1 Å². The van der Waals surface area contributed by atoms with Crippen LogP contribution in [-0.4, -0.2) is 38.4 Å². The molecule has 0 aliphatic carbocycles. The highest BCUT2D eigenvalue weighted by Gasteiger charge is 2.46. The van der Waals surface area contributed by atoms with Crippen LogP contribution in [0.3, 0.4) is 0 Å². The largest absolute Gasteiger partial charge is 0.499 e. The first-order chi connectivity index (χ1) is 10.0. The van der Waals surface area contributed by atoms with Gasteiger partial charge in [-0.25, -0.2) is 0 Å². The lowest BCUT2D eigenvalue weighted by Crippen LogP contribution is -2.46. The van der Waals surface area contributed by atoms with Crippen molar-refractivity contribution in [2.24, 2.45) is 5.73 Å². The molecule has 0 aromatic heterocycles. The first-order valence-corrected chi connectivity index (χ1v) is 6.95. The zero-order valence-electron chi connectivity index (χ0n) is 12.1. The SMILES string of the molecule is CC(=O)OCC1(C)COc2cccc3c2B(OC3CN)O1. The second-order valence-corrected chi connectivity index (χ2v) is 5.59. The molecule has 3 rings (SSSR count). The van der Waals surface area contributed by atoms with E-state index in [0.29, 0.717) is 6.54 Å².